The molecule has 20 heavy (non-hydrogen) atoms. The number of hydrogen-bond acceptors (Lipinski definition) is 3. The van der Waals surface area contributed by atoms with Crippen molar-refractivity contribution in [3.63, 3.8) is 0 Å². The van der Waals surface area contributed by atoms with Gasteiger partial charge >= 0.3 is 0 Å². The fourth-order valence-electron chi connectivity index (χ4n) is 2.68. The van der Waals surface area contributed by atoms with Crippen LogP contribution in [0.5, 0.6) is 0 Å². The van der Waals surface area contributed by atoms with Crippen LogP contribution in [0.3, 0.4) is 0 Å². The molecule has 0 aromatic heterocycles. The van der Waals surface area contributed by atoms with E-state index in [2.05, 4.69) is 0 Å². The molecular weight excluding hydrogens is 288 g/mol. The van der Waals surface area contributed by atoms with E-state index in [0.717, 1.165) is 22.5 Å². The molecule has 1 saturated carbocycles. The van der Waals surface area contributed by atoms with Crippen molar-refractivity contribution >= 4 is 15.9 Å². The van der Waals surface area contributed by atoms with Gasteiger partial charge in [-0.2, -0.15) is 0 Å². The molecule has 1 aliphatic heterocycles. The number of hydrogen-bond donors (Lipinski definition) is 0. The third-order valence-electron chi connectivity index (χ3n) is 3.81. The second-order valence-electron chi connectivity index (χ2n) is 5.19. The average Bonchev–Trinajstić information content (AvgIpc) is 3.09. The molecule has 1 aromatic rings. The first-order chi connectivity index (χ1) is 9.40. The Morgan fingerprint density at radius 1 is 1.30 bits per heavy atom. The highest BCUT2D eigenvalue weighted by Crippen LogP contribution is 2.49. The summed E-state index contributed by atoms with van der Waals surface area (Å²) in [6.45, 7) is 0.190. The molecule has 0 bridgehead atoms. The van der Waals surface area contributed by atoms with Gasteiger partial charge in [0.05, 0.1) is 5.75 Å². The van der Waals surface area contributed by atoms with Crippen molar-refractivity contribution in [1.29, 1.82) is 0 Å². The van der Waals surface area contributed by atoms with Gasteiger partial charge in [0.1, 0.15) is 11.6 Å². The molecule has 1 aliphatic carbocycles. The van der Waals surface area contributed by atoms with Crippen LogP contribution in [0.1, 0.15) is 24.3 Å². The molecule has 1 amide bonds. The van der Waals surface area contributed by atoms with Crippen LogP contribution in [-0.4, -0.2) is 30.9 Å². The van der Waals surface area contributed by atoms with E-state index in [0.29, 0.717) is 12.8 Å². The predicted octanol–water partition coefficient (Wildman–Crippen LogP) is 1.63. The summed E-state index contributed by atoms with van der Waals surface area (Å²) in [6.07, 6.45) is 0.797. The van der Waals surface area contributed by atoms with Gasteiger partial charge in [-0.1, -0.05) is 0 Å². The minimum Gasteiger partial charge on any atom is -0.273 e. The van der Waals surface area contributed by atoms with E-state index in [1.54, 1.807) is 0 Å². The Morgan fingerprint density at radius 2 is 2.05 bits per heavy atom. The Kier molecular flexibility index (Phi) is 3.04. The highest BCUT2D eigenvalue weighted by molar-refractivity contribution is 7.89. The number of amides is 1. The van der Waals surface area contributed by atoms with Gasteiger partial charge in [0.15, 0.2) is 0 Å². The molecule has 2 aliphatic rings. The lowest BCUT2D eigenvalue weighted by Gasteiger charge is -2.14. The lowest BCUT2D eigenvalue weighted by Crippen LogP contribution is -2.34. The molecule has 1 saturated heterocycles. The van der Waals surface area contributed by atoms with Gasteiger partial charge in [0.2, 0.25) is 15.9 Å². The van der Waals surface area contributed by atoms with Crippen molar-refractivity contribution in [1.82, 2.24) is 4.31 Å². The van der Waals surface area contributed by atoms with Crippen molar-refractivity contribution in [3.05, 3.63) is 35.4 Å². The van der Waals surface area contributed by atoms with Crippen LogP contribution in [0.15, 0.2) is 18.2 Å². The number of halogens is 2. The Hall–Kier alpha value is -1.50. The molecule has 0 spiro atoms. The van der Waals surface area contributed by atoms with Gasteiger partial charge in [-0.05, 0) is 42.5 Å². The lowest BCUT2D eigenvalue weighted by atomic mass is 10.1. The van der Waals surface area contributed by atoms with E-state index in [9.17, 15) is 22.0 Å². The first-order valence-corrected chi connectivity index (χ1v) is 8.00. The van der Waals surface area contributed by atoms with Crippen LogP contribution < -0.4 is 0 Å². The molecule has 1 aromatic carbocycles. The fourth-order valence-corrected chi connectivity index (χ4v) is 4.21. The van der Waals surface area contributed by atoms with E-state index in [-0.39, 0.29) is 17.9 Å². The summed E-state index contributed by atoms with van der Waals surface area (Å²) < 4.78 is 51.0. The Labute approximate surface area is 115 Å². The number of sulfonamides is 1. The van der Waals surface area contributed by atoms with E-state index < -0.39 is 39.4 Å². The summed E-state index contributed by atoms with van der Waals surface area (Å²) in [4.78, 5) is 12.1. The van der Waals surface area contributed by atoms with Crippen molar-refractivity contribution in [2.24, 2.45) is 5.92 Å². The zero-order valence-corrected chi connectivity index (χ0v) is 11.4. The monoisotopic (exact) mass is 301 g/mol. The molecule has 4 nitrogen and oxygen atoms in total. The molecule has 108 valence electrons. The quantitative estimate of drug-likeness (QED) is 0.834. The topological polar surface area (TPSA) is 54.5 Å². The number of benzene rings is 1. The first kappa shape index (κ1) is 13.5. The van der Waals surface area contributed by atoms with Crippen molar-refractivity contribution in [3.8, 4) is 0 Å². The first-order valence-electron chi connectivity index (χ1n) is 6.39. The molecule has 2 atom stereocenters. The number of carbonyl (C=O) groups excluding carboxylic acids is 1. The maximum absolute atomic E-state index is 13.6. The molecule has 0 unspecified atom stereocenters. The summed E-state index contributed by atoms with van der Waals surface area (Å²) in [7, 11) is -3.50. The highest BCUT2D eigenvalue weighted by atomic mass is 32.2. The normalized spacial score (nSPS) is 27.6. The van der Waals surface area contributed by atoms with Crippen LogP contribution in [0, 0.1) is 17.6 Å². The second kappa shape index (κ2) is 4.51. The fraction of sp³-hybridized carbons (Fsp3) is 0.462. The van der Waals surface area contributed by atoms with Crippen LogP contribution in [0.25, 0.3) is 0 Å². The number of carbonyl (C=O) groups is 1. The van der Waals surface area contributed by atoms with Gasteiger partial charge in [-0.25, -0.2) is 21.5 Å². The minimum atomic E-state index is -3.50. The van der Waals surface area contributed by atoms with Gasteiger partial charge < -0.3 is 0 Å². The molecule has 7 heteroatoms. The predicted molar refractivity (Wildman–Crippen MR) is 67.3 cm³/mol. The smallest absolute Gasteiger partial charge is 0.239 e. The van der Waals surface area contributed by atoms with E-state index in [4.69, 9.17) is 0 Å². The summed E-state index contributed by atoms with van der Waals surface area (Å²) in [5, 5.41) is 0. The summed E-state index contributed by atoms with van der Waals surface area (Å²) in [6, 6.07) is 3.12. The van der Waals surface area contributed by atoms with E-state index >= 15 is 0 Å². The molecule has 2 fully saturated rings. The molecule has 0 radical (unpaired) electrons. The molecule has 0 N–H and O–H groups in total. The van der Waals surface area contributed by atoms with Gasteiger partial charge in [-0.15, -0.1) is 0 Å². The second-order valence-corrected chi connectivity index (χ2v) is 7.21. The Morgan fingerprint density at radius 3 is 2.70 bits per heavy atom. The summed E-state index contributed by atoms with van der Waals surface area (Å²) in [5.74, 6) is -2.61. The van der Waals surface area contributed by atoms with Crippen LogP contribution in [0.2, 0.25) is 0 Å². The van der Waals surface area contributed by atoms with Crippen LogP contribution >= 0.6 is 0 Å². The third kappa shape index (κ3) is 2.19. The molecule has 3 rings (SSSR count). The zero-order chi connectivity index (χ0) is 14.5. The van der Waals surface area contributed by atoms with Gasteiger partial charge in [-0.3, -0.25) is 4.79 Å². The minimum absolute atomic E-state index is 0.0234. The zero-order valence-electron chi connectivity index (χ0n) is 10.6. The van der Waals surface area contributed by atoms with E-state index in [1.165, 1.54) is 0 Å². The van der Waals surface area contributed by atoms with Gasteiger partial charge in [0.25, 0.3) is 0 Å². The third-order valence-corrected chi connectivity index (χ3v) is 5.65. The standard InChI is InChI=1S/C13H13F2NO3S/c14-8-2-3-12(15)10(6-8)9-7-11(9)13(17)16-4-1-5-20(16,18)19/h2-3,6,9,11H,1,4-5,7H2/t9-,11+/m0/s1. The largest absolute Gasteiger partial charge is 0.273 e. The molecule has 1 heterocycles. The SMILES string of the molecule is O=C([C@@H]1C[C@H]1c1cc(F)ccc1F)N1CCCS1(=O)=O. The van der Waals surface area contributed by atoms with Crippen molar-refractivity contribution < 1.29 is 22.0 Å². The molecular formula is C13H13F2NO3S. The Bertz CT molecular complexity index is 674. The van der Waals surface area contributed by atoms with Crippen LogP contribution in [-0.2, 0) is 14.8 Å². The summed E-state index contributed by atoms with van der Waals surface area (Å²) in [5.41, 5.74) is 0.153. The number of nitrogens with zero attached hydrogens (tertiary/aromatic N) is 1. The van der Waals surface area contributed by atoms with Crippen molar-refractivity contribution in [2.45, 2.75) is 18.8 Å². The van der Waals surface area contributed by atoms with Crippen LogP contribution in [0.4, 0.5) is 8.78 Å². The van der Waals surface area contributed by atoms with Gasteiger partial charge in [0, 0.05) is 12.5 Å². The maximum Gasteiger partial charge on any atom is 0.239 e. The summed E-state index contributed by atoms with van der Waals surface area (Å²) >= 11 is 0. The van der Waals surface area contributed by atoms with Crippen molar-refractivity contribution in [2.75, 3.05) is 12.3 Å². The van der Waals surface area contributed by atoms with E-state index in [1.807, 2.05) is 0 Å². The lowest BCUT2D eigenvalue weighted by molar-refractivity contribution is -0.127. The maximum atomic E-state index is 13.6. The Balaban J connectivity index is 1.79. The average molecular weight is 301 g/mol. The number of rotatable bonds is 2. The highest BCUT2D eigenvalue weighted by Gasteiger charge is 2.50.